The highest BCUT2D eigenvalue weighted by molar-refractivity contribution is 9.10. The van der Waals surface area contributed by atoms with E-state index < -0.39 is 30.3 Å². The summed E-state index contributed by atoms with van der Waals surface area (Å²) in [6.45, 7) is 0. The SMILES string of the molecule is O=C(O)CC(NC(=O)CCc1cccc(Br)c1)C(=O)O. The summed E-state index contributed by atoms with van der Waals surface area (Å²) in [6, 6.07) is 6.00. The van der Waals surface area contributed by atoms with Crippen LogP contribution in [0.3, 0.4) is 0 Å². The smallest absolute Gasteiger partial charge is 0.326 e. The van der Waals surface area contributed by atoms with Crippen molar-refractivity contribution in [2.75, 3.05) is 0 Å². The minimum absolute atomic E-state index is 0.0971. The third-order valence-electron chi connectivity index (χ3n) is 2.54. The molecule has 0 heterocycles. The van der Waals surface area contributed by atoms with Crippen molar-refractivity contribution in [1.29, 1.82) is 0 Å². The van der Waals surface area contributed by atoms with Gasteiger partial charge in [-0.2, -0.15) is 0 Å². The van der Waals surface area contributed by atoms with Crippen molar-refractivity contribution < 1.29 is 24.6 Å². The molecule has 0 spiro atoms. The predicted molar refractivity (Wildman–Crippen MR) is 74.3 cm³/mol. The van der Waals surface area contributed by atoms with Crippen molar-refractivity contribution >= 4 is 33.8 Å². The molecule has 0 aliphatic carbocycles. The molecule has 1 amide bonds. The highest BCUT2D eigenvalue weighted by Crippen LogP contribution is 2.13. The summed E-state index contributed by atoms with van der Waals surface area (Å²) in [5.74, 6) is -3.12. The normalized spacial score (nSPS) is 11.7. The zero-order valence-electron chi connectivity index (χ0n) is 10.5. The molecule has 0 aliphatic rings. The molecular formula is C13H14BrNO5. The number of aliphatic carboxylic acids is 2. The Bertz CT molecular complexity index is 517. The van der Waals surface area contributed by atoms with E-state index in [9.17, 15) is 14.4 Å². The fraction of sp³-hybridized carbons (Fsp3) is 0.308. The number of halogens is 1. The van der Waals surface area contributed by atoms with Gasteiger partial charge in [-0.1, -0.05) is 28.1 Å². The Labute approximate surface area is 123 Å². The van der Waals surface area contributed by atoms with Crippen LogP contribution in [0, 0.1) is 0 Å². The standard InChI is InChI=1S/C13H14BrNO5/c14-9-3-1-2-8(6-9)4-5-11(16)15-10(13(19)20)7-12(17)18/h1-3,6,10H,4-5,7H2,(H,15,16)(H,17,18)(H,19,20). The minimum atomic E-state index is -1.40. The van der Waals surface area contributed by atoms with Gasteiger partial charge < -0.3 is 15.5 Å². The van der Waals surface area contributed by atoms with E-state index in [-0.39, 0.29) is 6.42 Å². The molecule has 20 heavy (non-hydrogen) atoms. The number of amides is 1. The topological polar surface area (TPSA) is 104 Å². The van der Waals surface area contributed by atoms with Crippen LogP contribution < -0.4 is 5.32 Å². The lowest BCUT2D eigenvalue weighted by atomic mass is 10.1. The second-order valence-corrected chi connectivity index (χ2v) is 5.10. The summed E-state index contributed by atoms with van der Waals surface area (Å²) in [6.07, 6.45) is -0.0947. The number of carbonyl (C=O) groups excluding carboxylic acids is 1. The van der Waals surface area contributed by atoms with Gasteiger partial charge in [0.15, 0.2) is 0 Å². The van der Waals surface area contributed by atoms with Gasteiger partial charge in [0, 0.05) is 10.9 Å². The Hall–Kier alpha value is -1.89. The summed E-state index contributed by atoms with van der Waals surface area (Å²) in [5, 5.41) is 19.6. The van der Waals surface area contributed by atoms with Crippen molar-refractivity contribution in [2.45, 2.75) is 25.3 Å². The maximum absolute atomic E-state index is 11.6. The molecule has 6 nitrogen and oxygen atoms in total. The Morgan fingerprint density at radius 3 is 2.50 bits per heavy atom. The number of benzene rings is 1. The molecule has 1 rings (SSSR count). The highest BCUT2D eigenvalue weighted by atomic mass is 79.9. The molecular weight excluding hydrogens is 330 g/mol. The molecule has 1 atom stereocenters. The first kappa shape index (κ1) is 16.2. The summed E-state index contributed by atoms with van der Waals surface area (Å²) >= 11 is 3.31. The van der Waals surface area contributed by atoms with E-state index in [0.717, 1.165) is 10.0 Å². The van der Waals surface area contributed by atoms with Gasteiger partial charge in [0.1, 0.15) is 6.04 Å². The lowest BCUT2D eigenvalue weighted by molar-refractivity contribution is -0.147. The third kappa shape index (κ3) is 5.83. The first-order chi connectivity index (χ1) is 9.38. The lowest BCUT2D eigenvalue weighted by Crippen LogP contribution is -2.42. The van der Waals surface area contributed by atoms with Crippen LogP contribution in [0.15, 0.2) is 28.7 Å². The molecule has 0 aliphatic heterocycles. The van der Waals surface area contributed by atoms with Gasteiger partial charge in [-0.3, -0.25) is 9.59 Å². The Morgan fingerprint density at radius 2 is 1.95 bits per heavy atom. The summed E-state index contributed by atoms with van der Waals surface area (Å²) in [7, 11) is 0. The number of carbonyl (C=O) groups is 3. The van der Waals surface area contributed by atoms with Crippen molar-refractivity contribution in [1.82, 2.24) is 5.32 Å². The molecule has 108 valence electrons. The van der Waals surface area contributed by atoms with Crippen LogP contribution in [0.5, 0.6) is 0 Å². The summed E-state index contributed by atoms with van der Waals surface area (Å²) in [4.78, 5) is 32.9. The predicted octanol–water partition coefficient (Wildman–Crippen LogP) is 1.43. The highest BCUT2D eigenvalue weighted by Gasteiger charge is 2.22. The molecule has 0 radical (unpaired) electrons. The molecule has 0 saturated heterocycles. The summed E-state index contributed by atoms with van der Waals surface area (Å²) in [5.41, 5.74) is 0.930. The van der Waals surface area contributed by atoms with E-state index in [4.69, 9.17) is 10.2 Å². The first-order valence-electron chi connectivity index (χ1n) is 5.87. The quantitative estimate of drug-likeness (QED) is 0.694. The molecule has 0 aromatic heterocycles. The average Bonchev–Trinajstić information content (AvgIpc) is 2.35. The average molecular weight is 344 g/mol. The van der Waals surface area contributed by atoms with Crippen LogP contribution in [0.1, 0.15) is 18.4 Å². The largest absolute Gasteiger partial charge is 0.481 e. The zero-order valence-corrected chi connectivity index (χ0v) is 12.1. The molecule has 1 unspecified atom stereocenters. The molecule has 0 saturated carbocycles. The number of nitrogens with one attached hydrogen (secondary N) is 1. The molecule has 1 aromatic rings. The van der Waals surface area contributed by atoms with Crippen LogP contribution >= 0.6 is 15.9 Å². The Balaban J connectivity index is 2.49. The summed E-state index contributed by atoms with van der Waals surface area (Å²) < 4.78 is 0.893. The second kappa shape index (κ2) is 7.64. The van der Waals surface area contributed by atoms with Gasteiger partial charge in [-0.15, -0.1) is 0 Å². The van der Waals surface area contributed by atoms with Gasteiger partial charge in [0.2, 0.25) is 5.91 Å². The number of aryl methyl sites for hydroxylation is 1. The van der Waals surface area contributed by atoms with E-state index in [1.807, 2.05) is 24.3 Å². The van der Waals surface area contributed by atoms with Crippen LogP contribution in [0.4, 0.5) is 0 Å². The monoisotopic (exact) mass is 343 g/mol. The van der Waals surface area contributed by atoms with Gasteiger partial charge >= 0.3 is 11.9 Å². The van der Waals surface area contributed by atoms with Crippen molar-refractivity contribution in [3.05, 3.63) is 34.3 Å². The van der Waals surface area contributed by atoms with Gasteiger partial charge in [-0.05, 0) is 24.1 Å². The Kier molecular flexibility index (Phi) is 6.17. The zero-order chi connectivity index (χ0) is 15.1. The fourth-order valence-corrected chi connectivity index (χ4v) is 2.04. The third-order valence-corrected chi connectivity index (χ3v) is 3.04. The van der Waals surface area contributed by atoms with E-state index >= 15 is 0 Å². The van der Waals surface area contributed by atoms with Crippen LogP contribution in [-0.4, -0.2) is 34.1 Å². The number of hydrogen-bond donors (Lipinski definition) is 3. The lowest BCUT2D eigenvalue weighted by Gasteiger charge is -2.12. The molecule has 0 bridgehead atoms. The number of carboxylic acids is 2. The van der Waals surface area contributed by atoms with Crippen LogP contribution in [-0.2, 0) is 20.8 Å². The second-order valence-electron chi connectivity index (χ2n) is 4.19. The van der Waals surface area contributed by atoms with E-state index in [0.29, 0.717) is 6.42 Å². The van der Waals surface area contributed by atoms with Crippen molar-refractivity contribution in [3.8, 4) is 0 Å². The number of carboxylic acid groups (broad SMARTS) is 2. The molecule has 1 aromatic carbocycles. The van der Waals surface area contributed by atoms with Gasteiger partial charge in [0.05, 0.1) is 6.42 Å². The maximum atomic E-state index is 11.6. The van der Waals surface area contributed by atoms with E-state index in [1.165, 1.54) is 0 Å². The molecule has 0 fully saturated rings. The molecule has 3 N–H and O–H groups in total. The minimum Gasteiger partial charge on any atom is -0.481 e. The van der Waals surface area contributed by atoms with E-state index in [1.54, 1.807) is 0 Å². The van der Waals surface area contributed by atoms with E-state index in [2.05, 4.69) is 21.2 Å². The van der Waals surface area contributed by atoms with Crippen LogP contribution in [0.25, 0.3) is 0 Å². The number of rotatable bonds is 7. The molecule has 7 heteroatoms. The van der Waals surface area contributed by atoms with Crippen molar-refractivity contribution in [3.63, 3.8) is 0 Å². The Morgan fingerprint density at radius 1 is 1.25 bits per heavy atom. The van der Waals surface area contributed by atoms with Gasteiger partial charge in [0.25, 0.3) is 0 Å². The van der Waals surface area contributed by atoms with Crippen LogP contribution in [0.2, 0.25) is 0 Å². The fourth-order valence-electron chi connectivity index (χ4n) is 1.59. The number of hydrogen-bond acceptors (Lipinski definition) is 3. The van der Waals surface area contributed by atoms with Gasteiger partial charge in [-0.25, -0.2) is 4.79 Å². The maximum Gasteiger partial charge on any atom is 0.326 e. The van der Waals surface area contributed by atoms with Crippen molar-refractivity contribution in [2.24, 2.45) is 0 Å². The first-order valence-corrected chi connectivity index (χ1v) is 6.66.